The molecule has 0 unspecified atom stereocenters. The number of nitrogens with one attached hydrogen (secondary N) is 2. The Kier molecular flexibility index (Phi) is 5.46. The van der Waals surface area contributed by atoms with Crippen LogP contribution in [0.2, 0.25) is 0 Å². The Labute approximate surface area is 151 Å². The van der Waals surface area contributed by atoms with Gasteiger partial charge in [-0.15, -0.1) is 0 Å². The average Bonchev–Trinajstić information content (AvgIpc) is 2.56. The minimum Gasteiger partial charge on any atom is -0.343 e. The van der Waals surface area contributed by atoms with Gasteiger partial charge in [-0.05, 0) is 43.0 Å². The lowest BCUT2D eigenvalue weighted by molar-refractivity contribution is 0.106. The summed E-state index contributed by atoms with van der Waals surface area (Å²) in [7, 11) is -3.61. The summed E-state index contributed by atoms with van der Waals surface area (Å²) in [5.74, 6) is 0.981. The number of hydrogen-bond acceptors (Lipinski definition) is 5. The maximum atomic E-state index is 12.4. The molecule has 132 valence electrons. The van der Waals surface area contributed by atoms with Crippen LogP contribution in [0.1, 0.15) is 32.6 Å². The zero-order chi connectivity index (χ0) is 17.2. The maximum absolute atomic E-state index is 12.4. The second-order valence-corrected chi connectivity index (χ2v) is 9.06. The van der Waals surface area contributed by atoms with E-state index in [1.165, 1.54) is 25.7 Å². The van der Waals surface area contributed by atoms with Crippen LogP contribution in [0.4, 0.5) is 0 Å². The minimum absolute atomic E-state index is 0.221. The summed E-state index contributed by atoms with van der Waals surface area (Å²) in [6.45, 7) is 3.44. The van der Waals surface area contributed by atoms with Gasteiger partial charge in [0.05, 0.1) is 18.2 Å². The largest absolute Gasteiger partial charge is 0.343 e. The molecule has 1 aromatic carbocycles. The van der Waals surface area contributed by atoms with E-state index in [0.29, 0.717) is 31.3 Å². The third kappa shape index (κ3) is 4.10. The Hall–Kier alpha value is -1.12. The number of aliphatic imine (C=N–C) groups is 1. The smallest absolute Gasteiger partial charge is 0.264 e. The van der Waals surface area contributed by atoms with Crippen molar-refractivity contribution in [2.24, 2.45) is 10.9 Å². The quantitative estimate of drug-likeness (QED) is 0.796. The summed E-state index contributed by atoms with van der Waals surface area (Å²) in [6.07, 6.45) is 5.02. The first-order valence-corrected chi connectivity index (χ1v) is 10.5. The first kappa shape index (κ1) is 17.7. The van der Waals surface area contributed by atoms with E-state index in [4.69, 9.17) is 0 Å². The molecule has 2 N–H and O–H groups in total. The van der Waals surface area contributed by atoms with Crippen LogP contribution in [-0.4, -0.2) is 38.7 Å². The lowest BCUT2D eigenvalue weighted by Gasteiger charge is -2.39. The molecule has 1 aliphatic carbocycles. The van der Waals surface area contributed by atoms with Crippen LogP contribution in [0, 0.1) is 5.92 Å². The predicted octanol–water partition coefficient (Wildman–Crippen LogP) is 2.48. The van der Waals surface area contributed by atoms with E-state index in [1.807, 2.05) is 0 Å². The molecule has 1 heterocycles. The van der Waals surface area contributed by atoms with Crippen LogP contribution in [0.25, 0.3) is 0 Å². The number of benzene rings is 1. The fourth-order valence-corrected chi connectivity index (χ4v) is 4.64. The summed E-state index contributed by atoms with van der Waals surface area (Å²) in [5.41, 5.74) is 0. The zero-order valence-corrected chi connectivity index (χ0v) is 16.1. The van der Waals surface area contributed by atoms with Crippen molar-refractivity contribution in [3.63, 3.8) is 0 Å². The molecule has 0 aromatic heterocycles. The number of halogens is 1. The van der Waals surface area contributed by atoms with Gasteiger partial charge in [0.2, 0.25) is 5.96 Å². The van der Waals surface area contributed by atoms with Gasteiger partial charge in [0.25, 0.3) is 10.0 Å². The van der Waals surface area contributed by atoms with Gasteiger partial charge < -0.3 is 5.32 Å². The van der Waals surface area contributed by atoms with E-state index >= 15 is 0 Å². The molecule has 2 atom stereocenters. The molecular formula is C16H23BrN4O2S. The summed E-state index contributed by atoms with van der Waals surface area (Å²) in [6, 6.07) is 7.06. The van der Waals surface area contributed by atoms with Crippen molar-refractivity contribution in [3.05, 3.63) is 28.7 Å². The van der Waals surface area contributed by atoms with Crippen molar-refractivity contribution in [2.45, 2.75) is 43.5 Å². The molecule has 2 aliphatic rings. The molecule has 1 aliphatic heterocycles. The van der Waals surface area contributed by atoms with Gasteiger partial charge in [-0.1, -0.05) is 35.7 Å². The molecule has 0 saturated heterocycles. The molecular weight excluding hydrogens is 392 g/mol. The summed E-state index contributed by atoms with van der Waals surface area (Å²) >= 11 is 3.30. The number of rotatable bonds is 3. The van der Waals surface area contributed by atoms with Gasteiger partial charge in [0.15, 0.2) is 0 Å². The molecule has 0 spiro atoms. The van der Waals surface area contributed by atoms with Crippen LogP contribution < -0.4 is 10.0 Å². The minimum atomic E-state index is -3.61. The highest BCUT2D eigenvalue weighted by atomic mass is 79.9. The highest BCUT2D eigenvalue weighted by molar-refractivity contribution is 9.10. The number of guanidine groups is 1. The number of hydrogen-bond donors (Lipinski definition) is 2. The predicted molar refractivity (Wildman–Crippen MR) is 98.0 cm³/mol. The Balaban J connectivity index is 1.63. The molecule has 0 radical (unpaired) electrons. The first-order valence-electron chi connectivity index (χ1n) is 8.26. The van der Waals surface area contributed by atoms with Gasteiger partial charge in [-0.25, -0.2) is 18.1 Å². The molecule has 1 saturated carbocycles. The van der Waals surface area contributed by atoms with Crippen LogP contribution >= 0.6 is 15.9 Å². The second kappa shape index (κ2) is 7.41. The third-order valence-corrected chi connectivity index (χ3v) is 6.63. The summed E-state index contributed by atoms with van der Waals surface area (Å²) in [5, 5.41) is 3.10. The van der Waals surface area contributed by atoms with Gasteiger partial charge in [0, 0.05) is 10.5 Å². The Morgan fingerprint density at radius 1 is 1.25 bits per heavy atom. The highest BCUT2D eigenvalue weighted by Gasteiger charge is 2.29. The monoisotopic (exact) mass is 414 g/mol. The normalized spacial score (nSPS) is 25.7. The Morgan fingerprint density at radius 2 is 1.96 bits per heavy atom. The van der Waals surface area contributed by atoms with Crippen LogP contribution in [-0.2, 0) is 10.0 Å². The van der Waals surface area contributed by atoms with Crippen molar-refractivity contribution in [1.29, 1.82) is 0 Å². The van der Waals surface area contributed by atoms with Crippen molar-refractivity contribution >= 4 is 31.9 Å². The second-order valence-electron chi connectivity index (χ2n) is 6.46. The zero-order valence-electron chi connectivity index (χ0n) is 13.7. The van der Waals surface area contributed by atoms with Gasteiger partial charge >= 0.3 is 0 Å². The van der Waals surface area contributed by atoms with Crippen molar-refractivity contribution in [3.8, 4) is 0 Å². The lowest BCUT2D eigenvalue weighted by atomic mass is 9.85. The van der Waals surface area contributed by atoms with E-state index in [9.17, 15) is 8.42 Å². The lowest BCUT2D eigenvalue weighted by Crippen LogP contribution is -2.54. The van der Waals surface area contributed by atoms with E-state index < -0.39 is 10.0 Å². The molecule has 6 nitrogen and oxygen atoms in total. The number of nitrogens with zero attached hydrogens (tertiary/aromatic N) is 2. The molecule has 8 heteroatoms. The standard InChI is InChI=1S/C16H23BrN4O2S/c1-12-4-2-3-5-15(12)21-10-18-16(19-11-21)20-24(22,23)14-8-6-13(17)7-9-14/h6-9,12,15H,2-5,10-11H2,1H3,(H2,18,19,20)/t12-,15-/m0/s1. The van der Waals surface area contributed by atoms with Crippen LogP contribution in [0.3, 0.4) is 0 Å². The molecule has 0 bridgehead atoms. The van der Waals surface area contributed by atoms with Crippen LogP contribution in [0.15, 0.2) is 38.6 Å². The van der Waals surface area contributed by atoms with Crippen molar-refractivity contribution < 1.29 is 8.42 Å². The van der Waals surface area contributed by atoms with Gasteiger partial charge in [-0.3, -0.25) is 4.90 Å². The maximum Gasteiger partial charge on any atom is 0.264 e. The Morgan fingerprint density at radius 3 is 2.58 bits per heavy atom. The van der Waals surface area contributed by atoms with E-state index in [2.05, 4.69) is 42.8 Å². The highest BCUT2D eigenvalue weighted by Crippen LogP contribution is 2.28. The Bertz CT molecular complexity index is 705. The summed E-state index contributed by atoms with van der Waals surface area (Å²) < 4.78 is 28.1. The van der Waals surface area contributed by atoms with Gasteiger partial charge in [0.1, 0.15) is 0 Å². The number of sulfonamides is 1. The topological polar surface area (TPSA) is 73.8 Å². The first-order chi connectivity index (χ1) is 11.5. The molecule has 1 aromatic rings. The molecule has 1 fully saturated rings. The SMILES string of the molecule is C[C@H]1CCCC[C@@H]1N1CN=C(NS(=O)(=O)c2ccc(Br)cc2)NC1. The average molecular weight is 415 g/mol. The third-order valence-electron chi connectivity index (χ3n) is 4.75. The van der Waals surface area contributed by atoms with E-state index in [-0.39, 0.29) is 4.90 Å². The fourth-order valence-electron chi connectivity index (χ4n) is 3.37. The van der Waals surface area contributed by atoms with E-state index in [0.717, 1.165) is 4.47 Å². The van der Waals surface area contributed by atoms with Crippen molar-refractivity contribution in [1.82, 2.24) is 14.9 Å². The van der Waals surface area contributed by atoms with E-state index in [1.54, 1.807) is 24.3 Å². The molecule has 24 heavy (non-hydrogen) atoms. The fraction of sp³-hybridized carbons (Fsp3) is 0.562. The van der Waals surface area contributed by atoms with Gasteiger partial charge in [-0.2, -0.15) is 0 Å². The van der Waals surface area contributed by atoms with Crippen LogP contribution in [0.5, 0.6) is 0 Å². The van der Waals surface area contributed by atoms with Crippen molar-refractivity contribution in [2.75, 3.05) is 13.3 Å². The molecule has 0 amide bonds. The molecule has 3 rings (SSSR count). The summed E-state index contributed by atoms with van der Waals surface area (Å²) in [4.78, 5) is 6.89.